The maximum atomic E-state index is 5.61. The molecular weight excluding hydrogens is 182 g/mol. The molecule has 0 saturated carbocycles. The molecule has 0 aliphatic rings. The van der Waals surface area contributed by atoms with Crippen LogP contribution in [-0.4, -0.2) is 9.97 Å². The molecule has 0 fully saturated rings. The summed E-state index contributed by atoms with van der Waals surface area (Å²) in [7, 11) is 0. The normalized spacial score (nSPS) is 10.2. The molecule has 0 unspecified atom stereocenters. The van der Waals surface area contributed by atoms with Crippen LogP contribution in [0.3, 0.4) is 0 Å². The summed E-state index contributed by atoms with van der Waals surface area (Å²) >= 11 is 1.51. The van der Waals surface area contributed by atoms with Gasteiger partial charge in [0, 0.05) is 12.4 Å². The van der Waals surface area contributed by atoms with Crippen molar-refractivity contribution in [2.45, 2.75) is 6.92 Å². The number of pyridine rings is 1. The van der Waals surface area contributed by atoms with E-state index in [0.29, 0.717) is 5.13 Å². The maximum absolute atomic E-state index is 5.61. The number of nitrogens with two attached hydrogens (primary N) is 1. The lowest BCUT2D eigenvalue weighted by atomic mass is 10.2. The van der Waals surface area contributed by atoms with Gasteiger partial charge in [0.1, 0.15) is 0 Å². The second-order valence-corrected chi connectivity index (χ2v) is 3.73. The Bertz CT molecular complexity index is 408. The van der Waals surface area contributed by atoms with E-state index >= 15 is 0 Å². The van der Waals surface area contributed by atoms with Crippen molar-refractivity contribution in [1.82, 2.24) is 9.97 Å². The molecule has 0 saturated heterocycles. The fourth-order valence-corrected chi connectivity index (χ4v) is 2.03. The zero-order chi connectivity index (χ0) is 9.26. The summed E-state index contributed by atoms with van der Waals surface area (Å²) in [4.78, 5) is 9.25. The van der Waals surface area contributed by atoms with E-state index in [1.807, 2.05) is 19.1 Å². The predicted molar refractivity (Wildman–Crippen MR) is 54.5 cm³/mol. The highest BCUT2D eigenvalue weighted by molar-refractivity contribution is 7.18. The van der Waals surface area contributed by atoms with Gasteiger partial charge in [-0.05, 0) is 24.6 Å². The van der Waals surface area contributed by atoms with Crippen molar-refractivity contribution in [1.29, 1.82) is 0 Å². The van der Waals surface area contributed by atoms with Gasteiger partial charge in [0.15, 0.2) is 5.13 Å². The molecule has 0 aliphatic heterocycles. The van der Waals surface area contributed by atoms with E-state index in [0.717, 1.165) is 16.1 Å². The Morgan fingerprint density at radius 1 is 1.31 bits per heavy atom. The van der Waals surface area contributed by atoms with E-state index in [2.05, 4.69) is 9.97 Å². The second kappa shape index (κ2) is 3.14. The SMILES string of the molecule is Cc1nc(N)sc1-c1ccncc1. The van der Waals surface area contributed by atoms with Crippen LogP contribution in [0.5, 0.6) is 0 Å². The minimum absolute atomic E-state index is 0.615. The molecule has 0 spiro atoms. The molecule has 0 aromatic carbocycles. The number of hydrogen-bond acceptors (Lipinski definition) is 4. The molecule has 2 N–H and O–H groups in total. The molecule has 0 radical (unpaired) electrons. The number of anilines is 1. The summed E-state index contributed by atoms with van der Waals surface area (Å²) in [5.41, 5.74) is 7.72. The molecular formula is C9H9N3S. The van der Waals surface area contributed by atoms with Crippen molar-refractivity contribution >= 4 is 16.5 Å². The number of nitrogen functional groups attached to an aromatic ring is 1. The smallest absolute Gasteiger partial charge is 0.180 e. The average Bonchev–Trinajstić information content (AvgIpc) is 2.47. The molecule has 2 rings (SSSR count). The first kappa shape index (κ1) is 8.19. The Balaban J connectivity index is 2.53. The zero-order valence-electron chi connectivity index (χ0n) is 7.19. The third-order valence-corrected chi connectivity index (χ3v) is 2.79. The van der Waals surface area contributed by atoms with Crippen LogP contribution in [0.1, 0.15) is 5.69 Å². The summed E-state index contributed by atoms with van der Waals surface area (Å²) in [6.07, 6.45) is 3.54. The number of aromatic nitrogens is 2. The Kier molecular flexibility index (Phi) is 1.98. The Labute approximate surface area is 80.3 Å². The Morgan fingerprint density at radius 3 is 2.54 bits per heavy atom. The van der Waals surface area contributed by atoms with Gasteiger partial charge in [-0.1, -0.05) is 11.3 Å². The minimum atomic E-state index is 0.615. The van der Waals surface area contributed by atoms with Crippen LogP contribution in [-0.2, 0) is 0 Å². The van der Waals surface area contributed by atoms with Gasteiger partial charge >= 0.3 is 0 Å². The molecule has 0 aliphatic carbocycles. The minimum Gasteiger partial charge on any atom is -0.375 e. The van der Waals surface area contributed by atoms with Crippen molar-refractivity contribution in [3.63, 3.8) is 0 Å². The highest BCUT2D eigenvalue weighted by Gasteiger charge is 2.06. The number of nitrogens with zero attached hydrogens (tertiary/aromatic N) is 2. The zero-order valence-corrected chi connectivity index (χ0v) is 8.01. The van der Waals surface area contributed by atoms with Crippen LogP contribution < -0.4 is 5.73 Å². The maximum Gasteiger partial charge on any atom is 0.180 e. The van der Waals surface area contributed by atoms with Crippen LogP contribution in [0, 0.1) is 6.92 Å². The number of rotatable bonds is 1. The first-order chi connectivity index (χ1) is 6.27. The summed E-state index contributed by atoms with van der Waals surface area (Å²) in [5.74, 6) is 0. The van der Waals surface area contributed by atoms with Crippen molar-refractivity contribution in [2.24, 2.45) is 0 Å². The van der Waals surface area contributed by atoms with E-state index in [9.17, 15) is 0 Å². The summed E-state index contributed by atoms with van der Waals surface area (Å²) in [6, 6.07) is 3.92. The molecule has 3 nitrogen and oxygen atoms in total. The fourth-order valence-electron chi connectivity index (χ4n) is 1.19. The van der Waals surface area contributed by atoms with Gasteiger partial charge in [-0.2, -0.15) is 0 Å². The van der Waals surface area contributed by atoms with E-state index in [4.69, 9.17) is 5.73 Å². The van der Waals surface area contributed by atoms with Crippen LogP contribution in [0.25, 0.3) is 10.4 Å². The third-order valence-electron chi connectivity index (χ3n) is 1.76. The lowest BCUT2D eigenvalue weighted by molar-refractivity contribution is 1.27. The molecule has 13 heavy (non-hydrogen) atoms. The lowest BCUT2D eigenvalue weighted by Crippen LogP contribution is -1.81. The van der Waals surface area contributed by atoms with Crippen molar-refractivity contribution in [3.05, 3.63) is 30.2 Å². The second-order valence-electron chi connectivity index (χ2n) is 2.70. The van der Waals surface area contributed by atoms with Gasteiger partial charge in [0.2, 0.25) is 0 Å². The summed E-state index contributed by atoms with van der Waals surface area (Å²) in [5, 5.41) is 0.615. The van der Waals surface area contributed by atoms with Crippen molar-refractivity contribution in [2.75, 3.05) is 5.73 Å². The topological polar surface area (TPSA) is 51.8 Å². The predicted octanol–water partition coefficient (Wildman–Crippen LogP) is 2.10. The molecule has 0 bridgehead atoms. The molecule has 2 aromatic heterocycles. The molecule has 4 heteroatoms. The Morgan fingerprint density at radius 2 is 2.00 bits per heavy atom. The van der Waals surface area contributed by atoms with Crippen LogP contribution in [0.2, 0.25) is 0 Å². The first-order valence-electron chi connectivity index (χ1n) is 3.90. The van der Waals surface area contributed by atoms with Gasteiger partial charge < -0.3 is 5.73 Å². The van der Waals surface area contributed by atoms with Gasteiger partial charge in [0.05, 0.1) is 10.6 Å². The lowest BCUT2D eigenvalue weighted by Gasteiger charge is -1.95. The number of hydrogen-bond donors (Lipinski definition) is 1. The third kappa shape index (κ3) is 1.53. The Hall–Kier alpha value is -1.42. The fraction of sp³-hybridized carbons (Fsp3) is 0.111. The first-order valence-corrected chi connectivity index (χ1v) is 4.72. The van der Waals surface area contributed by atoms with Gasteiger partial charge in [-0.25, -0.2) is 4.98 Å². The van der Waals surface area contributed by atoms with E-state index < -0.39 is 0 Å². The van der Waals surface area contributed by atoms with E-state index in [1.165, 1.54) is 11.3 Å². The average molecular weight is 191 g/mol. The summed E-state index contributed by atoms with van der Waals surface area (Å²) < 4.78 is 0. The molecule has 0 amide bonds. The van der Waals surface area contributed by atoms with E-state index in [1.54, 1.807) is 12.4 Å². The van der Waals surface area contributed by atoms with Crippen molar-refractivity contribution < 1.29 is 0 Å². The van der Waals surface area contributed by atoms with Gasteiger partial charge in [-0.3, -0.25) is 4.98 Å². The van der Waals surface area contributed by atoms with Crippen LogP contribution in [0.15, 0.2) is 24.5 Å². The molecule has 2 heterocycles. The highest BCUT2D eigenvalue weighted by Crippen LogP contribution is 2.30. The van der Waals surface area contributed by atoms with Gasteiger partial charge in [0.25, 0.3) is 0 Å². The van der Waals surface area contributed by atoms with E-state index in [-0.39, 0.29) is 0 Å². The summed E-state index contributed by atoms with van der Waals surface area (Å²) in [6.45, 7) is 1.96. The van der Waals surface area contributed by atoms with Gasteiger partial charge in [-0.15, -0.1) is 0 Å². The highest BCUT2D eigenvalue weighted by atomic mass is 32.1. The number of thiazole rings is 1. The molecule has 2 aromatic rings. The van der Waals surface area contributed by atoms with Crippen molar-refractivity contribution in [3.8, 4) is 10.4 Å². The number of aryl methyl sites for hydroxylation is 1. The molecule has 0 atom stereocenters. The van der Waals surface area contributed by atoms with Crippen LogP contribution in [0.4, 0.5) is 5.13 Å². The largest absolute Gasteiger partial charge is 0.375 e. The van der Waals surface area contributed by atoms with Crippen LogP contribution >= 0.6 is 11.3 Å². The standard InChI is InChI=1S/C9H9N3S/c1-6-8(13-9(10)12-6)7-2-4-11-5-3-7/h2-5H,1H3,(H2,10,12). The monoisotopic (exact) mass is 191 g/mol. The quantitative estimate of drug-likeness (QED) is 0.751. The molecule has 66 valence electrons.